The lowest BCUT2D eigenvalue weighted by Crippen LogP contribution is -2.57. The summed E-state index contributed by atoms with van der Waals surface area (Å²) in [6.45, 7) is 1.31. The number of nitrogens with zero attached hydrogens (tertiary/aromatic N) is 3. The molecule has 0 saturated carbocycles. The number of likely N-dealkylation sites (tertiary alicyclic amines) is 2. The monoisotopic (exact) mass is 645 g/mol. The lowest BCUT2D eigenvalue weighted by molar-refractivity contribution is -0.139. The van der Waals surface area contributed by atoms with Crippen molar-refractivity contribution in [1.29, 1.82) is 0 Å². The predicted molar refractivity (Wildman–Crippen MR) is 168 cm³/mol. The average molecular weight is 647 g/mol. The lowest BCUT2D eigenvalue weighted by Gasteiger charge is -2.45. The third-order valence-electron chi connectivity index (χ3n) is 8.32. The van der Waals surface area contributed by atoms with Gasteiger partial charge in [0.25, 0.3) is 11.8 Å². The molecule has 2 saturated heterocycles. The van der Waals surface area contributed by atoms with Crippen molar-refractivity contribution in [3.8, 4) is 0 Å². The van der Waals surface area contributed by atoms with Crippen molar-refractivity contribution in [1.82, 2.24) is 14.7 Å². The molecule has 0 radical (unpaired) electrons. The molecule has 10 heteroatoms. The maximum absolute atomic E-state index is 14.1. The van der Waals surface area contributed by atoms with Crippen LogP contribution in [-0.4, -0.2) is 71.2 Å². The molecule has 3 aromatic carbocycles. The second-order valence-corrected chi connectivity index (χ2v) is 12.5. The van der Waals surface area contributed by atoms with Crippen molar-refractivity contribution in [2.75, 3.05) is 26.7 Å². The number of likely N-dealkylation sites (N-methyl/N-ethyl adjacent to an activating group) is 1. The van der Waals surface area contributed by atoms with Crippen molar-refractivity contribution in [2.24, 2.45) is 0 Å². The van der Waals surface area contributed by atoms with E-state index < -0.39 is 6.04 Å². The molecule has 5 rings (SSSR count). The van der Waals surface area contributed by atoms with Gasteiger partial charge in [-0.1, -0.05) is 64.6 Å². The number of benzene rings is 3. The van der Waals surface area contributed by atoms with Crippen LogP contribution in [0.25, 0.3) is 0 Å². The second kappa shape index (κ2) is 13.3. The van der Waals surface area contributed by atoms with E-state index in [1.54, 1.807) is 71.4 Å². The minimum Gasteiger partial charge on any atom is -0.340 e. The van der Waals surface area contributed by atoms with E-state index in [0.717, 1.165) is 18.4 Å². The van der Waals surface area contributed by atoms with Gasteiger partial charge >= 0.3 is 0 Å². The zero-order valence-corrected chi connectivity index (χ0v) is 26.1. The molecule has 2 heterocycles. The number of carbonyl (C=O) groups is 3. The Morgan fingerprint density at radius 3 is 2.26 bits per heavy atom. The van der Waals surface area contributed by atoms with Crippen molar-refractivity contribution in [2.45, 2.75) is 43.7 Å². The number of piperidine rings is 2. The summed E-state index contributed by atoms with van der Waals surface area (Å²) in [6, 6.07) is 18.4. The fourth-order valence-electron chi connectivity index (χ4n) is 6.05. The molecule has 3 amide bonds. The van der Waals surface area contributed by atoms with Crippen LogP contribution in [-0.2, 0) is 4.79 Å². The molecule has 3 aromatic rings. The maximum atomic E-state index is 14.1. The van der Waals surface area contributed by atoms with Crippen molar-refractivity contribution in [3.63, 3.8) is 0 Å². The van der Waals surface area contributed by atoms with Gasteiger partial charge in [-0.05, 0) is 79.8 Å². The maximum Gasteiger partial charge on any atom is 0.256 e. The van der Waals surface area contributed by atoms with Gasteiger partial charge in [-0.15, -0.1) is 0 Å². The normalized spacial score (nSPS) is 20.7. The molecule has 0 N–H and O–H groups in total. The average Bonchev–Trinajstić information content (AvgIpc) is 3.01. The first-order valence-electron chi connectivity index (χ1n) is 14.0. The fraction of sp³-hybridized carbons (Fsp3) is 0.344. The topological polar surface area (TPSA) is 60.9 Å². The third-order valence-corrected chi connectivity index (χ3v) is 9.64. The molecule has 3 atom stereocenters. The van der Waals surface area contributed by atoms with Crippen LogP contribution in [0.15, 0.2) is 66.7 Å². The zero-order chi connectivity index (χ0) is 30.0. The first-order chi connectivity index (χ1) is 20.2. The number of amides is 3. The van der Waals surface area contributed by atoms with Crippen molar-refractivity contribution in [3.05, 3.63) is 104 Å². The van der Waals surface area contributed by atoms with Gasteiger partial charge in [0, 0.05) is 49.2 Å². The van der Waals surface area contributed by atoms with E-state index in [0.29, 0.717) is 63.7 Å². The Morgan fingerprint density at radius 2 is 1.55 bits per heavy atom. The standard InChI is InChI=1S/C32H31Cl4N3O3/c1-37(30(40)20-9-12-22(33)13-10-20)28-15-17-38(19-24(28)21-11-14-26(35)27(36)18-21)32(42)29-8-4-5-16-39(29)31(41)23-6-2-3-7-25(23)34/h2-3,6-7,9-14,18,24,28-29H,4-5,8,15-17,19H2,1H3/t24-,28+,29+/m0/s1. The van der Waals surface area contributed by atoms with Gasteiger partial charge < -0.3 is 14.7 Å². The van der Waals surface area contributed by atoms with Crippen LogP contribution in [0.4, 0.5) is 0 Å². The highest BCUT2D eigenvalue weighted by molar-refractivity contribution is 6.42. The minimum atomic E-state index is -0.582. The van der Waals surface area contributed by atoms with Gasteiger partial charge in [-0.25, -0.2) is 0 Å². The molecular formula is C32H31Cl4N3O3. The minimum absolute atomic E-state index is 0.0923. The summed E-state index contributed by atoms with van der Waals surface area (Å²) in [4.78, 5) is 46.4. The van der Waals surface area contributed by atoms with E-state index in [2.05, 4.69) is 0 Å². The number of carbonyl (C=O) groups excluding carboxylic acids is 3. The van der Waals surface area contributed by atoms with E-state index in [9.17, 15) is 14.4 Å². The van der Waals surface area contributed by atoms with Crippen LogP contribution in [0.2, 0.25) is 20.1 Å². The van der Waals surface area contributed by atoms with Crippen molar-refractivity contribution >= 4 is 64.1 Å². The highest BCUT2D eigenvalue weighted by atomic mass is 35.5. The number of hydrogen-bond donors (Lipinski definition) is 0. The van der Waals surface area contributed by atoms with Crippen LogP contribution in [0.1, 0.15) is 57.9 Å². The van der Waals surface area contributed by atoms with E-state index >= 15 is 0 Å². The Hall–Kier alpha value is -2.77. The van der Waals surface area contributed by atoms with E-state index in [-0.39, 0.29) is 29.7 Å². The summed E-state index contributed by atoms with van der Waals surface area (Å²) in [6.07, 6.45) is 2.82. The Labute approximate surface area is 266 Å². The van der Waals surface area contributed by atoms with Crippen molar-refractivity contribution < 1.29 is 14.4 Å². The molecule has 2 aliphatic heterocycles. The number of rotatable bonds is 5. The number of halogens is 4. The van der Waals surface area contributed by atoms with Crippen LogP contribution >= 0.6 is 46.4 Å². The van der Waals surface area contributed by atoms with Crippen LogP contribution in [0, 0.1) is 0 Å². The summed E-state index contributed by atoms with van der Waals surface area (Å²) in [5, 5.41) is 1.77. The third kappa shape index (κ3) is 6.42. The molecule has 6 nitrogen and oxygen atoms in total. The summed E-state index contributed by atoms with van der Waals surface area (Å²) >= 11 is 25.0. The Balaban J connectivity index is 1.41. The zero-order valence-electron chi connectivity index (χ0n) is 23.1. The number of hydrogen-bond acceptors (Lipinski definition) is 3. The molecule has 0 bridgehead atoms. The molecule has 42 heavy (non-hydrogen) atoms. The molecule has 2 fully saturated rings. The smallest absolute Gasteiger partial charge is 0.256 e. The van der Waals surface area contributed by atoms with Crippen LogP contribution in [0.3, 0.4) is 0 Å². The summed E-state index contributed by atoms with van der Waals surface area (Å²) in [5.74, 6) is -0.687. The second-order valence-electron chi connectivity index (χ2n) is 10.8. The largest absolute Gasteiger partial charge is 0.340 e. The summed E-state index contributed by atoms with van der Waals surface area (Å²) in [7, 11) is 1.79. The Kier molecular flexibility index (Phi) is 9.68. The first kappa shape index (κ1) is 30.7. The predicted octanol–water partition coefficient (Wildman–Crippen LogP) is 7.45. The fourth-order valence-corrected chi connectivity index (χ4v) is 6.70. The molecule has 0 aliphatic carbocycles. The SMILES string of the molecule is CN(C(=O)c1ccc(Cl)cc1)[C@@H]1CCN(C(=O)[C@H]2CCCCN2C(=O)c2ccccc2Cl)C[C@H]1c1ccc(Cl)c(Cl)c1. The van der Waals surface area contributed by atoms with Crippen LogP contribution in [0.5, 0.6) is 0 Å². The molecular weight excluding hydrogens is 616 g/mol. The van der Waals surface area contributed by atoms with Gasteiger partial charge in [0.15, 0.2) is 0 Å². The summed E-state index contributed by atoms with van der Waals surface area (Å²) in [5.41, 5.74) is 1.81. The van der Waals surface area contributed by atoms with E-state index in [1.165, 1.54) is 0 Å². The molecule has 0 unspecified atom stereocenters. The van der Waals surface area contributed by atoms with Gasteiger partial charge in [0.2, 0.25) is 5.91 Å². The van der Waals surface area contributed by atoms with E-state index in [4.69, 9.17) is 46.4 Å². The van der Waals surface area contributed by atoms with Crippen LogP contribution < -0.4 is 0 Å². The Bertz CT molecular complexity index is 1480. The summed E-state index contributed by atoms with van der Waals surface area (Å²) < 4.78 is 0. The Morgan fingerprint density at radius 1 is 0.810 bits per heavy atom. The van der Waals surface area contributed by atoms with Gasteiger partial charge in [0.05, 0.1) is 20.6 Å². The van der Waals surface area contributed by atoms with Gasteiger partial charge in [-0.3, -0.25) is 14.4 Å². The highest BCUT2D eigenvalue weighted by Gasteiger charge is 2.41. The van der Waals surface area contributed by atoms with Gasteiger partial charge in [-0.2, -0.15) is 0 Å². The molecule has 0 spiro atoms. The molecule has 0 aromatic heterocycles. The highest BCUT2D eigenvalue weighted by Crippen LogP contribution is 2.36. The first-order valence-corrected chi connectivity index (χ1v) is 15.5. The lowest BCUT2D eigenvalue weighted by atomic mass is 9.84. The molecule has 2 aliphatic rings. The van der Waals surface area contributed by atoms with Gasteiger partial charge in [0.1, 0.15) is 6.04 Å². The van der Waals surface area contributed by atoms with E-state index in [1.807, 2.05) is 17.0 Å². The molecule has 220 valence electrons. The quantitative estimate of drug-likeness (QED) is 0.289.